The molecule has 0 aliphatic heterocycles. The van der Waals surface area contributed by atoms with Crippen molar-refractivity contribution in [3.8, 4) is 0 Å². The first-order valence-corrected chi connectivity index (χ1v) is 4.00. The summed E-state index contributed by atoms with van der Waals surface area (Å²) in [5.41, 5.74) is 5.70. The van der Waals surface area contributed by atoms with Crippen LogP contribution in [-0.4, -0.2) is 17.0 Å². The van der Waals surface area contributed by atoms with Crippen LogP contribution in [0.4, 0.5) is 0 Å². The van der Waals surface area contributed by atoms with Gasteiger partial charge in [0.15, 0.2) is 0 Å². The molecular weight excluding hydrogens is 144 g/mol. The summed E-state index contributed by atoms with van der Waals surface area (Å²) in [5.74, 6) is 0.450. The highest BCUT2D eigenvalue weighted by atomic mass is 16.6. The van der Waals surface area contributed by atoms with Crippen LogP contribution in [0.15, 0.2) is 0 Å². The average molecular weight is 158 g/mol. The second-order valence-corrected chi connectivity index (χ2v) is 3.39. The van der Waals surface area contributed by atoms with E-state index in [1.807, 2.05) is 0 Å². The van der Waals surface area contributed by atoms with Crippen LogP contribution < -0.4 is 5.73 Å². The van der Waals surface area contributed by atoms with Crippen molar-refractivity contribution in [2.45, 2.75) is 38.3 Å². The number of hydrogen-bond donors (Lipinski definition) is 1. The van der Waals surface area contributed by atoms with Gasteiger partial charge in [-0.2, -0.15) is 0 Å². The van der Waals surface area contributed by atoms with Crippen molar-refractivity contribution in [2.75, 3.05) is 0 Å². The van der Waals surface area contributed by atoms with Crippen molar-refractivity contribution >= 4 is 0 Å². The third-order valence-electron chi connectivity index (χ3n) is 2.53. The van der Waals surface area contributed by atoms with Crippen LogP contribution in [0, 0.1) is 16.0 Å². The Morgan fingerprint density at radius 3 is 2.64 bits per heavy atom. The molecule has 0 aromatic carbocycles. The van der Waals surface area contributed by atoms with Gasteiger partial charge in [-0.3, -0.25) is 10.1 Å². The van der Waals surface area contributed by atoms with E-state index in [1.165, 1.54) is 0 Å². The van der Waals surface area contributed by atoms with E-state index in [9.17, 15) is 10.1 Å². The summed E-state index contributed by atoms with van der Waals surface area (Å²) in [6, 6.07) is -0.361. The normalized spacial score (nSPS) is 38.5. The van der Waals surface area contributed by atoms with E-state index < -0.39 is 0 Å². The molecule has 0 amide bonds. The minimum Gasteiger partial charge on any atom is -0.327 e. The van der Waals surface area contributed by atoms with Crippen LogP contribution in [0.25, 0.3) is 0 Å². The van der Waals surface area contributed by atoms with Crippen LogP contribution >= 0.6 is 0 Å². The van der Waals surface area contributed by atoms with E-state index in [4.69, 9.17) is 5.73 Å². The zero-order valence-corrected chi connectivity index (χ0v) is 6.69. The molecule has 0 aromatic rings. The Bertz CT molecular complexity index is 161. The fourth-order valence-electron chi connectivity index (χ4n) is 1.53. The van der Waals surface area contributed by atoms with Gasteiger partial charge >= 0.3 is 0 Å². The molecule has 1 saturated carbocycles. The smallest absolute Gasteiger partial charge is 0.214 e. The highest BCUT2D eigenvalue weighted by molar-refractivity contribution is 4.79. The summed E-state index contributed by atoms with van der Waals surface area (Å²) in [6.45, 7) is 2.06. The number of hydrogen-bond acceptors (Lipinski definition) is 3. The van der Waals surface area contributed by atoms with Gasteiger partial charge < -0.3 is 5.73 Å². The molecule has 0 saturated heterocycles. The Labute approximate surface area is 65.9 Å². The summed E-state index contributed by atoms with van der Waals surface area (Å²) >= 11 is 0. The Morgan fingerprint density at radius 1 is 1.55 bits per heavy atom. The number of rotatable bonds is 1. The zero-order valence-electron chi connectivity index (χ0n) is 6.69. The highest BCUT2D eigenvalue weighted by Gasteiger charge is 2.31. The Morgan fingerprint density at radius 2 is 2.18 bits per heavy atom. The highest BCUT2D eigenvalue weighted by Crippen LogP contribution is 2.24. The fraction of sp³-hybridized carbons (Fsp3) is 1.00. The van der Waals surface area contributed by atoms with Crippen molar-refractivity contribution in [1.82, 2.24) is 0 Å². The van der Waals surface area contributed by atoms with Crippen LogP contribution in [-0.2, 0) is 0 Å². The van der Waals surface area contributed by atoms with Crippen molar-refractivity contribution in [3.63, 3.8) is 0 Å². The van der Waals surface area contributed by atoms with Crippen LogP contribution in [0.1, 0.15) is 26.2 Å². The van der Waals surface area contributed by atoms with E-state index in [-0.39, 0.29) is 17.0 Å². The maximum atomic E-state index is 10.4. The first-order valence-electron chi connectivity index (χ1n) is 4.00. The zero-order chi connectivity index (χ0) is 8.43. The maximum Gasteiger partial charge on any atom is 0.214 e. The molecule has 0 heterocycles. The second-order valence-electron chi connectivity index (χ2n) is 3.39. The van der Waals surface area contributed by atoms with Gasteiger partial charge in [0, 0.05) is 23.8 Å². The molecular formula is C7H14N2O2. The maximum absolute atomic E-state index is 10.4. The van der Waals surface area contributed by atoms with Gasteiger partial charge in [0.1, 0.15) is 0 Å². The van der Waals surface area contributed by atoms with E-state index in [0.29, 0.717) is 18.8 Å². The third-order valence-corrected chi connectivity index (χ3v) is 2.53. The van der Waals surface area contributed by atoms with Gasteiger partial charge in [-0.05, 0) is 12.3 Å². The first-order chi connectivity index (χ1) is 5.11. The monoisotopic (exact) mass is 158 g/mol. The molecule has 3 unspecified atom stereocenters. The lowest BCUT2D eigenvalue weighted by atomic mass is 9.84. The van der Waals surface area contributed by atoms with Crippen molar-refractivity contribution < 1.29 is 4.92 Å². The standard InChI is InChI=1S/C7H14N2O2/c1-5-2-3-6(9(10)11)4-7(5)8/h5-7H,2-4,8H2,1H3. The summed E-state index contributed by atoms with van der Waals surface area (Å²) < 4.78 is 0. The molecule has 1 aliphatic carbocycles. The molecule has 0 aromatic heterocycles. The third kappa shape index (κ3) is 1.89. The minimum absolute atomic E-state index is 0.0270. The summed E-state index contributed by atoms with van der Waals surface area (Å²) in [4.78, 5) is 10.2. The lowest BCUT2D eigenvalue weighted by molar-refractivity contribution is -0.527. The molecule has 1 aliphatic rings. The molecule has 64 valence electrons. The fourth-order valence-corrected chi connectivity index (χ4v) is 1.53. The number of nitrogens with zero attached hydrogens (tertiary/aromatic N) is 1. The van der Waals surface area contributed by atoms with Gasteiger partial charge in [0.05, 0.1) is 0 Å². The van der Waals surface area contributed by atoms with E-state index in [2.05, 4.69) is 6.92 Å². The number of nitrogens with two attached hydrogens (primary N) is 1. The summed E-state index contributed by atoms with van der Waals surface area (Å²) in [7, 11) is 0. The van der Waals surface area contributed by atoms with Crippen molar-refractivity contribution in [1.29, 1.82) is 0 Å². The summed E-state index contributed by atoms with van der Waals surface area (Å²) in [5, 5.41) is 10.4. The van der Waals surface area contributed by atoms with E-state index >= 15 is 0 Å². The number of nitro groups is 1. The Hall–Kier alpha value is -0.640. The minimum atomic E-state index is -0.388. The predicted molar refractivity (Wildman–Crippen MR) is 41.8 cm³/mol. The van der Waals surface area contributed by atoms with Gasteiger partial charge in [-0.1, -0.05) is 6.92 Å². The Balaban J connectivity index is 2.46. The molecule has 0 radical (unpaired) electrons. The predicted octanol–water partition coefficient (Wildman–Crippen LogP) is 0.779. The lowest BCUT2D eigenvalue weighted by Gasteiger charge is -2.26. The molecule has 1 rings (SSSR count). The lowest BCUT2D eigenvalue weighted by Crippen LogP contribution is -2.40. The first kappa shape index (κ1) is 8.46. The van der Waals surface area contributed by atoms with E-state index in [0.717, 1.165) is 6.42 Å². The Kier molecular flexibility index (Phi) is 2.44. The van der Waals surface area contributed by atoms with Crippen molar-refractivity contribution in [3.05, 3.63) is 10.1 Å². The average Bonchev–Trinajstić information content (AvgIpc) is 1.94. The van der Waals surface area contributed by atoms with Gasteiger partial charge in [-0.25, -0.2) is 0 Å². The van der Waals surface area contributed by atoms with Gasteiger partial charge in [0.25, 0.3) is 0 Å². The molecule has 1 fully saturated rings. The van der Waals surface area contributed by atoms with E-state index in [1.54, 1.807) is 0 Å². The van der Waals surface area contributed by atoms with Crippen LogP contribution in [0.2, 0.25) is 0 Å². The molecule has 4 nitrogen and oxygen atoms in total. The summed E-state index contributed by atoms with van der Waals surface area (Å²) in [6.07, 6.45) is 2.14. The molecule has 0 bridgehead atoms. The topological polar surface area (TPSA) is 69.2 Å². The molecule has 11 heavy (non-hydrogen) atoms. The second kappa shape index (κ2) is 3.17. The quantitative estimate of drug-likeness (QED) is 0.453. The molecule has 0 spiro atoms. The van der Waals surface area contributed by atoms with Crippen molar-refractivity contribution in [2.24, 2.45) is 11.7 Å². The van der Waals surface area contributed by atoms with Crippen LogP contribution in [0.5, 0.6) is 0 Å². The van der Waals surface area contributed by atoms with Gasteiger partial charge in [-0.15, -0.1) is 0 Å². The molecule has 3 atom stereocenters. The SMILES string of the molecule is CC1CCC([N+](=O)[O-])CC1N. The van der Waals surface area contributed by atoms with Gasteiger partial charge in [0.2, 0.25) is 6.04 Å². The molecule has 2 N–H and O–H groups in total. The molecule has 4 heteroatoms. The largest absolute Gasteiger partial charge is 0.327 e. The van der Waals surface area contributed by atoms with Crippen LogP contribution in [0.3, 0.4) is 0 Å².